The maximum atomic E-state index is 12.7. The molecule has 1 saturated heterocycles. The second kappa shape index (κ2) is 5.77. The Hall–Kier alpha value is -1.30. The van der Waals surface area contributed by atoms with Crippen molar-refractivity contribution in [1.29, 1.82) is 0 Å². The van der Waals surface area contributed by atoms with E-state index in [-0.39, 0.29) is 6.04 Å². The standard InChI is InChI=1S/C13H18F3N3/c1-17-9-11-4-2-3-7-19(11)12-8-10(5-6-18-12)13(14,15)16/h5-6,8,11,17H,2-4,7,9H2,1H3. The number of nitrogens with one attached hydrogen (secondary N) is 1. The molecule has 0 amide bonds. The number of anilines is 1. The molecule has 1 fully saturated rings. The summed E-state index contributed by atoms with van der Waals surface area (Å²) in [6, 6.07) is 2.38. The van der Waals surface area contributed by atoms with Gasteiger partial charge in [0.15, 0.2) is 0 Å². The molecular formula is C13H18F3N3. The summed E-state index contributed by atoms with van der Waals surface area (Å²) >= 11 is 0. The molecule has 2 rings (SSSR count). The van der Waals surface area contributed by atoms with E-state index in [9.17, 15) is 13.2 Å². The quantitative estimate of drug-likeness (QED) is 0.917. The lowest BCUT2D eigenvalue weighted by atomic mass is 10.0. The van der Waals surface area contributed by atoms with E-state index in [4.69, 9.17) is 0 Å². The average molecular weight is 273 g/mol. The average Bonchev–Trinajstić information content (AvgIpc) is 2.39. The number of nitrogens with zero attached hydrogens (tertiary/aromatic N) is 2. The number of halogens is 3. The molecule has 1 atom stereocenters. The van der Waals surface area contributed by atoms with Crippen LogP contribution in [0.4, 0.5) is 19.0 Å². The molecule has 1 aliphatic rings. The first-order valence-electron chi connectivity index (χ1n) is 6.47. The van der Waals surface area contributed by atoms with Crippen LogP contribution in [0.1, 0.15) is 24.8 Å². The van der Waals surface area contributed by atoms with Crippen LogP contribution >= 0.6 is 0 Å². The minimum Gasteiger partial charge on any atom is -0.352 e. The van der Waals surface area contributed by atoms with Gasteiger partial charge >= 0.3 is 6.18 Å². The third-order valence-corrected chi connectivity index (χ3v) is 3.43. The Morgan fingerprint density at radius 2 is 2.21 bits per heavy atom. The lowest BCUT2D eigenvalue weighted by Gasteiger charge is -2.36. The molecule has 1 aromatic heterocycles. The zero-order valence-electron chi connectivity index (χ0n) is 10.9. The van der Waals surface area contributed by atoms with Crippen molar-refractivity contribution in [2.75, 3.05) is 25.0 Å². The maximum Gasteiger partial charge on any atom is 0.416 e. The molecule has 3 nitrogen and oxygen atoms in total. The van der Waals surface area contributed by atoms with Gasteiger partial charge in [-0.05, 0) is 38.4 Å². The monoisotopic (exact) mass is 273 g/mol. The molecule has 0 radical (unpaired) electrons. The number of alkyl halides is 3. The van der Waals surface area contributed by atoms with Gasteiger partial charge in [-0.15, -0.1) is 0 Å². The van der Waals surface area contributed by atoms with Crippen LogP contribution < -0.4 is 10.2 Å². The number of hydrogen-bond acceptors (Lipinski definition) is 3. The van der Waals surface area contributed by atoms with Crippen molar-refractivity contribution < 1.29 is 13.2 Å². The second-order valence-electron chi connectivity index (χ2n) is 4.80. The molecule has 1 aliphatic heterocycles. The predicted octanol–water partition coefficient (Wildman–Crippen LogP) is 2.68. The van der Waals surface area contributed by atoms with Gasteiger partial charge in [-0.3, -0.25) is 0 Å². The molecule has 0 bridgehead atoms. The number of hydrogen-bond donors (Lipinski definition) is 1. The number of likely N-dealkylation sites (N-methyl/N-ethyl adjacent to an activating group) is 1. The molecule has 1 N–H and O–H groups in total. The highest BCUT2D eigenvalue weighted by Gasteiger charge is 2.32. The third-order valence-electron chi connectivity index (χ3n) is 3.43. The maximum absolute atomic E-state index is 12.7. The van der Waals surface area contributed by atoms with Crippen molar-refractivity contribution in [2.45, 2.75) is 31.5 Å². The van der Waals surface area contributed by atoms with E-state index in [1.807, 2.05) is 11.9 Å². The Bertz CT molecular complexity index is 418. The van der Waals surface area contributed by atoms with Crippen LogP contribution in [0.2, 0.25) is 0 Å². The fraction of sp³-hybridized carbons (Fsp3) is 0.615. The van der Waals surface area contributed by atoms with Crippen molar-refractivity contribution in [1.82, 2.24) is 10.3 Å². The van der Waals surface area contributed by atoms with E-state index < -0.39 is 11.7 Å². The Labute approximate surface area is 110 Å². The lowest BCUT2D eigenvalue weighted by molar-refractivity contribution is -0.137. The minimum absolute atomic E-state index is 0.217. The highest BCUT2D eigenvalue weighted by Crippen LogP contribution is 2.32. The van der Waals surface area contributed by atoms with Crippen molar-refractivity contribution in [3.05, 3.63) is 23.9 Å². The van der Waals surface area contributed by atoms with Gasteiger partial charge in [0.05, 0.1) is 5.56 Å². The summed E-state index contributed by atoms with van der Waals surface area (Å²) in [7, 11) is 1.85. The first-order valence-corrected chi connectivity index (χ1v) is 6.47. The molecule has 19 heavy (non-hydrogen) atoms. The highest BCUT2D eigenvalue weighted by atomic mass is 19.4. The Kier molecular flexibility index (Phi) is 4.29. The second-order valence-corrected chi connectivity index (χ2v) is 4.80. The zero-order chi connectivity index (χ0) is 13.9. The molecule has 0 aliphatic carbocycles. The summed E-state index contributed by atoms with van der Waals surface area (Å²) < 4.78 is 38.2. The zero-order valence-corrected chi connectivity index (χ0v) is 10.9. The van der Waals surface area contributed by atoms with Crippen LogP contribution in [-0.4, -0.2) is 31.2 Å². The fourth-order valence-corrected chi connectivity index (χ4v) is 2.50. The van der Waals surface area contributed by atoms with E-state index in [1.54, 1.807) is 0 Å². The van der Waals surface area contributed by atoms with Crippen LogP contribution in [0.25, 0.3) is 0 Å². The van der Waals surface area contributed by atoms with Gasteiger partial charge in [-0.25, -0.2) is 4.98 Å². The lowest BCUT2D eigenvalue weighted by Crippen LogP contribution is -2.45. The summed E-state index contributed by atoms with van der Waals surface area (Å²) in [5, 5.41) is 3.09. The highest BCUT2D eigenvalue weighted by molar-refractivity contribution is 5.43. The number of rotatable bonds is 3. The van der Waals surface area contributed by atoms with Crippen molar-refractivity contribution in [3.8, 4) is 0 Å². The minimum atomic E-state index is -4.31. The Balaban J connectivity index is 2.24. The normalized spacial score (nSPS) is 20.6. The molecule has 0 saturated carbocycles. The third kappa shape index (κ3) is 3.37. The van der Waals surface area contributed by atoms with E-state index in [2.05, 4.69) is 10.3 Å². The van der Waals surface area contributed by atoms with Crippen molar-refractivity contribution >= 4 is 5.82 Å². The predicted molar refractivity (Wildman–Crippen MR) is 68.2 cm³/mol. The summed E-state index contributed by atoms with van der Waals surface area (Å²) in [6.45, 7) is 1.53. The Morgan fingerprint density at radius 3 is 2.89 bits per heavy atom. The van der Waals surface area contributed by atoms with Crippen molar-refractivity contribution in [2.24, 2.45) is 0 Å². The van der Waals surface area contributed by atoms with Gasteiger partial charge in [0, 0.05) is 25.3 Å². The number of aromatic nitrogens is 1. The van der Waals surface area contributed by atoms with Crippen LogP contribution in [-0.2, 0) is 6.18 Å². The molecule has 1 unspecified atom stereocenters. The van der Waals surface area contributed by atoms with Gasteiger partial charge in [0.25, 0.3) is 0 Å². The van der Waals surface area contributed by atoms with Crippen LogP contribution in [0.3, 0.4) is 0 Å². The first-order chi connectivity index (χ1) is 9.02. The molecular weight excluding hydrogens is 255 g/mol. The summed E-state index contributed by atoms with van der Waals surface area (Å²) in [6.07, 6.45) is 0.0217. The molecule has 6 heteroatoms. The van der Waals surface area contributed by atoms with Crippen LogP contribution in [0.15, 0.2) is 18.3 Å². The number of piperidine rings is 1. The van der Waals surface area contributed by atoms with Crippen LogP contribution in [0.5, 0.6) is 0 Å². The molecule has 106 valence electrons. The Morgan fingerprint density at radius 1 is 1.42 bits per heavy atom. The van der Waals surface area contributed by atoms with Gasteiger partial charge in [0.2, 0.25) is 0 Å². The number of pyridine rings is 1. The van der Waals surface area contributed by atoms with E-state index in [0.29, 0.717) is 5.82 Å². The molecule has 1 aromatic rings. The molecule has 0 aromatic carbocycles. The summed E-state index contributed by atoms with van der Waals surface area (Å²) in [5.41, 5.74) is -0.633. The molecule has 0 spiro atoms. The SMILES string of the molecule is CNCC1CCCCN1c1cc(C(F)(F)F)ccn1. The fourth-order valence-electron chi connectivity index (χ4n) is 2.50. The smallest absolute Gasteiger partial charge is 0.352 e. The summed E-state index contributed by atoms with van der Waals surface area (Å²) in [4.78, 5) is 6.09. The summed E-state index contributed by atoms with van der Waals surface area (Å²) in [5.74, 6) is 0.426. The van der Waals surface area contributed by atoms with Gasteiger partial charge in [-0.1, -0.05) is 0 Å². The first kappa shape index (κ1) is 14.1. The van der Waals surface area contributed by atoms with E-state index in [1.165, 1.54) is 6.20 Å². The van der Waals surface area contributed by atoms with Gasteiger partial charge in [0.1, 0.15) is 5.82 Å². The van der Waals surface area contributed by atoms with E-state index in [0.717, 1.165) is 44.5 Å². The van der Waals surface area contributed by atoms with Crippen LogP contribution in [0, 0.1) is 0 Å². The largest absolute Gasteiger partial charge is 0.416 e. The van der Waals surface area contributed by atoms with E-state index >= 15 is 0 Å². The topological polar surface area (TPSA) is 28.2 Å². The van der Waals surface area contributed by atoms with Gasteiger partial charge < -0.3 is 10.2 Å². The van der Waals surface area contributed by atoms with Crippen molar-refractivity contribution in [3.63, 3.8) is 0 Å². The molecule has 2 heterocycles. The van der Waals surface area contributed by atoms with Gasteiger partial charge in [-0.2, -0.15) is 13.2 Å².